The number of hydrogen-bond donors (Lipinski definition) is 1. The first-order valence-electron chi connectivity index (χ1n) is 15.2. The Balaban J connectivity index is 1.19. The van der Waals surface area contributed by atoms with Gasteiger partial charge in [0.15, 0.2) is 5.65 Å². The molecule has 2 saturated carbocycles. The number of pyridine rings is 1. The molecule has 0 atom stereocenters. The maximum absolute atomic E-state index is 12.5. The number of rotatable bonds is 5. The lowest BCUT2D eigenvalue weighted by Crippen LogP contribution is -2.41. The van der Waals surface area contributed by atoms with E-state index in [1.165, 1.54) is 24.7 Å². The van der Waals surface area contributed by atoms with E-state index in [1.54, 1.807) is 4.90 Å². The summed E-state index contributed by atoms with van der Waals surface area (Å²) in [6.07, 6.45) is 11.6. The molecule has 3 aliphatic rings. The second kappa shape index (κ2) is 10.4. The summed E-state index contributed by atoms with van der Waals surface area (Å²) in [5.74, 6) is 1.91. The third-order valence-electron chi connectivity index (χ3n) is 8.74. The van der Waals surface area contributed by atoms with Gasteiger partial charge in [-0.1, -0.05) is 24.1 Å². The zero-order chi connectivity index (χ0) is 29.0. The van der Waals surface area contributed by atoms with Crippen LogP contribution in [0.1, 0.15) is 101 Å². The standard InChI is InChI=1S/C31H38N8O3/c1-31(2,3)41-30(40)38-14-12-18(13-15-38)20-10-11-22(33-16-20)23-26(37-42-27(23)19-8-9-19)25-24-28(32)34-17-35-29(24)39(36-25)21-6-4-5-7-21/h10-11,16-19,21H,4-9,12-15H2,1-3H3,(H2,32,34,35). The average Bonchev–Trinajstić information content (AvgIpc) is 3.34. The molecule has 4 aromatic rings. The number of carbonyl (C=O) groups excluding carboxylic acids is 1. The van der Waals surface area contributed by atoms with Gasteiger partial charge in [-0.3, -0.25) is 4.98 Å². The summed E-state index contributed by atoms with van der Waals surface area (Å²) in [6.45, 7) is 7.03. The number of carbonyl (C=O) groups is 1. The highest BCUT2D eigenvalue weighted by Gasteiger charge is 2.36. The van der Waals surface area contributed by atoms with Crippen LogP contribution >= 0.6 is 0 Å². The molecule has 0 spiro atoms. The second-order valence-corrected chi connectivity index (χ2v) is 13.0. The quantitative estimate of drug-likeness (QED) is 0.296. The molecule has 7 rings (SSSR count). The lowest BCUT2D eigenvalue weighted by Gasteiger charge is -2.33. The van der Waals surface area contributed by atoms with Gasteiger partial charge >= 0.3 is 6.09 Å². The van der Waals surface area contributed by atoms with Crippen LogP contribution in [0.5, 0.6) is 0 Å². The van der Waals surface area contributed by atoms with Crippen LogP contribution in [-0.2, 0) is 4.74 Å². The third-order valence-corrected chi connectivity index (χ3v) is 8.74. The Kier molecular flexibility index (Phi) is 6.62. The molecule has 0 unspecified atom stereocenters. The molecule has 1 saturated heterocycles. The Morgan fingerprint density at radius 3 is 2.40 bits per heavy atom. The highest BCUT2D eigenvalue weighted by Crippen LogP contribution is 2.48. The molecule has 1 amide bonds. The van der Waals surface area contributed by atoms with Crippen molar-refractivity contribution in [2.75, 3.05) is 18.8 Å². The number of ether oxygens (including phenoxy) is 1. The van der Waals surface area contributed by atoms with Gasteiger partial charge < -0.3 is 19.9 Å². The molecule has 11 nitrogen and oxygen atoms in total. The van der Waals surface area contributed by atoms with Crippen LogP contribution in [0.15, 0.2) is 29.2 Å². The normalized spacial score (nSPS) is 18.7. The highest BCUT2D eigenvalue weighted by molar-refractivity contribution is 6.00. The number of anilines is 1. The second-order valence-electron chi connectivity index (χ2n) is 13.0. The number of nitrogens with two attached hydrogens (primary N) is 1. The Morgan fingerprint density at radius 2 is 1.74 bits per heavy atom. The Labute approximate surface area is 244 Å². The average molecular weight is 571 g/mol. The molecule has 0 bridgehead atoms. The molecule has 3 fully saturated rings. The van der Waals surface area contributed by atoms with Crippen LogP contribution in [0.4, 0.5) is 10.6 Å². The molecule has 11 heteroatoms. The fourth-order valence-electron chi connectivity index (χ4n) is 6.42. The highest BCUT2D eigenvalue weighted by atomic mass is 16.6. The maximum atomic E-state index is 12.5. The first-order valence-corrected chi connectivity index (χ1v) is 15.2. The van der Waals surface area contributed by atoms with Crippen molar-refractivity contribution in [2.24, 2.45) is 0 Å². The molecule has 2 N–H and O–H groups in total. The topological polar surface area (TPSA) is 138 Å². The van der Waals surface area contributed by atoms with E-state index in [0.717, 1.165) is 66.6 Å². The van der Waals surface area contributed by atoms with Gasteiger partial charge in [0, 0.05) is 25.2 Å². The van der Waals surface area contributed by atoms with Gasteiger partial charge in [0.25, 0.3) is 0 Å². The van der Waals surface area contributed by atoms with E-state index in [4.69, 9.17) is 25.1 Å². The minimum absolute atomic E-state index is 0.240. The van der Waals surface area contributed by atoms with Gasteiger partial charge in [-0.2, -0.15) is 5.10 Å². The van der Waals surface area contributed by atoms with Crippen LogP contribution < -0.4 is 5.73 Å². The minimum Gasteiger partial charge on any atom is -0.444 e. The number of fused-ring (bicyclic) bond motifs is 1. The van der Waals surface area contributed by atoms with E-state index in [2.05, 4.69) is 27.3 Å². The van der Waals surface area contributed by atoms with Crippen molar-refractivity contribution in [3.05, 3.63) is 36.0 Å². The molecular formula is C31H38N8O3. The predicted octanol–water partition coefficient (Wildman–Crippen LogP) is 6.23. The third kappa shape index (κ3) is 4.98. The molecular weight excluding hydrogens is 532 g/mol. The van der Waals surface area contributed by atoms with Crippen LogP contribution in [0.3, 0.4) is 0 Å². The molecule has 0 aromatic carbocycles. The first-order chi connectivity index (χ1) is 20.3. The van der Waals surface area contributed by atoms with E-state index in [0.29, 0.717) is 42.1 Å². The van der Waals surface area contributed by atoms with Gasteiger partial charge in [0.2, 0.25) is 0 Å². The first kappa shape index (κ1) is 26.9. The van der Waals surface area contributed by atoms with Crippen LogP contribution in [0.25, 0.3) is 33.7 Å². The van der Waals surface area contributed by atoms with Crippen LogP contribution in [-0.4, -0.2) is 59.6 Å². The number of piperidine rings is 1. The lowest BCUT2D eigenvalue weighted by molar-refractivity contribution is 0.0205. The van der Waals surface area contributed by atoms with Crippen molar-refractivity contribution in [1.82, 2.24) is 34.8 Å². The molecule has 1 aliphatic heterocycles. The molecule has 42 heavy (non-hydrogen) atoms. The Hall–Kier alpha value is -4.02. The summed E-state index contributed by atoms with van der Waals surface area (Å²) in [5.41, 5.74) is 10.8. The van der Waals surface area contributed by atoms with Gasteiger partial charge in [0.1, 0.15) is 34.9 Å². The fraction of sp³-hybridized carbons (Fsp3) is 0.548. The summed E-state index contributed by atoms with van der Waals surface area (Å²) in [7, 11) is 0. The Morgan fingerprint density at radius 1 is 0.976 bits per heavy atom. The summed E-state index contributed by atoms with van der Waals surface area (Å²) in [5, 5.41) is 10.3. The number of aromatic nitrogens is 6. The maximum Gasteiger partial charge on any atom is 0.410 e. The van der Waals surface area contributed by atoms with Crippen molar-refractivity contribution >= 4 is 22.9 Å². The number of nitrogens with zero attached hydrogens (tertiary/aromatic N) is 7. The fourth-order valence-corrected chi connectivity index (χ4v) is 6.42. The molecule has 2 aliphatic carbocycles. The monoisotopic (exact) mass is 570 g/mol. The van der Waals surface area contributed by atoms with E-state index >= 15 is 0 Å². The SMILES string of the molecule is CC(C)(C)OC(=O)N1CCC(c2ccc(-c3c(-c4nn(C5CCCC5)c5ncnc(N)c45)noc3C3CC3)nc2)CC1. The molecule has 5 heterocycles. The van der Waals surface area contributed by atoms with Crippen LogP contribution in [0.2, 0.25) is 0 Å². The number of amides is 1. The van der Waals surface area contributed by atoms with Crippen molar-refractivity contribution < 1.29 is 14.1 Å². The molecule has 4 aromatic heterocycles. The lowest BCUT2D eigenvalue weighted by atomic mass is 9.90. The molecule has 0 radical (unpaired) electrons. The summed E-state index contributed by atoms with van der Waals surface area (Å²) in [6, 6.07) is 4.50. The van der Waals surface area contributed by atoms with Crippen molar-refractivity contribution in [2.45, 2.75) is 95.6 Å². The van der Waals surface area contributed by atoms with Gasteiger partial charge in [0.05, 0.1) is 22.7 Å². The van der Waals surface area contributed by atoms with Crippen molar-refractivity contribution in [1.29, 1.82) is 0 Å². The zero-order valence-corrected chi connectivity index (χ0v) is 24.5. The van der Waals surface area contributed by atoms with Crippen LogP contribution in [0, 0.1) is 0 Å². The summed E-state index contributed by atoms with van der Waals surface area (Å²) in [4.78, 5) is 28.1. The van der Waals surface area contributed by atoms with E-state index in [-0.39, 0.29) is 12.1 Å². The van der Waals surface area contributed by atoms with Gasteiger partial charge in [-0.05, 0) is 76.8 Å². The van der Waals surface area contributed by atoms with Gasteiger partial charge in [-0.25, -0.2) is 19.4 Å². The van der Waals surface area contributed by atoms with Crippen molar-refractivity contribution in [3.63, 3.8) is 0 Å². The van der Waals surface area contributed by atoms with E-state index in [9.17, 15) is 4.79 Å². The number of likely N-dealkylation sites (tertiary alicyclic amines) is 1. The number of nitrogen functional groups attached to an aromatic ring is 1. The van der Waals surface area contributed by atoms with Gasteiger partial charge in [-0.15, -0.1) is 0 Å². The Bertz CT molecular complexity index is 1600. The van der Waals surface area contributed by atoms with E-state index < -0.39 is 5.60 Å². The molecule has 220 valence electrons. The summed E-state index contributed by atoms with van der Waals surface area (Å²) >= 11 is 0. The van der Waals surface area contributed by atoms with Crippen molar-refractivity contribution in [3.8, 4) is 22.6 Å². The summed E-state index contributed by atoms with van der Waals surface area (Å²) < 4.78 is 13.6. The predicted molar refractivity (Wildman–Crippen MR) is 158 cm³/mol. The smallest absolute Gasteiger partial charge is 0.410 e. The van der Waals surface area contributed by atoms with E-state index in [1.807, 2.05) is 31.6 Å². The minimum atomic E-state index is -0.493. The largest absolute Gasteiger partial charge is 0.444 e. The zero-order valence-electron chi connectivity index (χ0n) is 24.5. The number of hydrogen-bond acceptors (Lipinski definition) is 9.